The van der Waals surface area contributed by atoms with Crippen molar-refractivity contribution in [2.75, 3.05) is 11.9 Å². The SMILES string of the molecule is Fc1ccccc1-n1nc(-c2ccccc2C(F)(F)F)c2c1NCCCC2. The largest absolute Gasteiger partial charge is 0.417 e. The molecule has 0 spiro atoms. The Morgan fingerprint density at radius 3 is 2.48 bits per heavy atom. The highest BCUT2D eigenvalue weighted by molar-refractivity contribution is 5.74. The van der Waals surface area contributed by atoms with E-state index >= 15 is 0 Å². The molecule has 0 amide bonds. The van der Waals surface area contributed by atoms with Crippen molar-refractivity contribution in [1.29, 1.82) is 0 Å². The predicted molar refractivity (Wildman–Crippen MR) is 95.4 cm³/mol. The highest BCUT2D eigenvalue weighted by atomic mass is 19.4. The van der Waals surface area contributed by atoms with Crippen molar-refractivity contribution in [3.05, 3.63) is 65.5 Å². The average molecular weight is 375 g/mol. The molecule has 0 radical (unpaired) electrons. The van der Waals surface area contributed by atoms with E-state index in [2.05, 4.69) is 10.4 Å². The molecule has 0 aliphatic carbocycles. The van der Waals surface area contributed by atoms with Crippen LogP contribution in [0.1, 0.15) is 24.0 Å². The number of fused-ring (bicyclic) bond motifs is 1. The molecule has 2 aromatic carbocycles. The quantitative estimate of drug-likeness (QED) is 0.604. The summed E-state index contributed by atoms with van der Waals surface area (Å²) in [6.45, 7) is 0.660. The molecule has 0 atom stereocenters. The third kappa shape index (κ3) is 3.18. The third-order valence-corrected chi connectivity index (χ3v) is 4.70. The lowest BCUT2D eigenvalue weighted by Crippen LogP contribution is -2.08. The van der Waals surface area contributed by atoms with E-state index in [0.717, 1.165) is 18.9 Å². The van der Waals surface area contributed by atoms with Gasteiger partial charge in [-0.15, -0.1) is 0 Å². The maximum atomic E-state index is 14.4. The first kappa shape index (κ1) is 17.6. The molecule has 3 aromatic rings. The van der Waals surface area contributed by atoms with Crippen LogP contribution in [0.5, 0.6) is 0 Å². The van der Waals surface area contributed by atoms with Crippen LogP contribution in [0.15, 0.2) is 48.5 Å². The molecule has 0 saturated heterocycles. The molecule has 7 heteroatoms. The smallest absolute Gasteiger partial charge is 0.370 e. The van der Waals surface area contributed by atoms with Crippen LogP contribution in [0.25, 0.3) is 16.9 Å². The summed E-state index contributed by atoms with van der Waals surface area (Å²) >= 11 is 0. The fraction of sp³-hybridized carbons (Fsp3) is 0.250. The van der Waals surface area contributed by atoms with Gasteiger partial charge in [-0.3, -0.25) is 0 Å². The Morgan fingerprint density at radius 2 is 1.70 bits per heavy atom. The first-order chi connectivity index (χ1) is 13.0. The van der Waals surface area contributed by atoms with Gasteiger partial charge in [0.15, 0.2) is 0 Å². The Bertz CT molecular complexity index is 976. The molecule has 1 N–H and O–H groups in total. The Balaban J connectivity index is 1.98. The van der Waals surface area contributed by atoms with Gasteiger partial charge in [0, 0.05) is 17.7 Å². The second kappa shape index (κ2) is 6.72. The standard InChI is InChI=1S/C20H17F4N3/c21-16-10-3-4-11-17(16)27-19-14(8-5-6-12-25-19)18(26-27)13-7-1-2-9-15(13)20(22,23)24/h1-4,7,9-11,25H,5-6,8,12H2. The average Bonchev–Trinajstić information content (AvgIpc) is 2.83. The van der Waals surface area contributed by atoms with Crippen molar-refractivity contribution >= 4 is 5.82 Å². The van der Waals surface area contributed by atoms with Gasteiger partial charge in [0.1, 0.15) is 17.3 Å². The summed E-state index contributed by atoms with van der Waals surface area (Å²) in [5, 5.41) is 7.64. The number of halogens is 4. The number of hydrogen-bond acceptors (Lipinski definition) is 2. The van der Waals surface area contributed by atoms with E-state index in [9.17, 15) is 17.6 Å². The minimum Gasteiger partial charge on any atom is -0.370 e. The molecule has 1 aromatic heterocycles. The lowest BCUT2D eigenvalue weighted by molar-refractivity contribution is -0.137. The molecule has 4 rings (SSSR count). The number of para-hydroxylation sites is 1. The third-order valence-electron chi connectivity index (χ3n) is 4.70. The number of hydrogen-bond donors (Lipinski definition) is 1. The number of rotatable bonds is 2. The number of aromatic nitrogens is 2. The van der Waals surface area contributed by atoms with Gasteiger partial charge in [-0.1, -0.05) is 30.3 Å². The summed E-state index contributed by atoms with van der Waals surface area (Å²) < 4.78 is 56.3. The van der Waals surface area contributed by atoms with Crippen molar-refractivity contribution in [3.8, 4) is 16.9 Å². The molecule has 1 aliphatic rings. The second-order valence-electron chi connectivity index (χ2n) is 6.47. The summed E-state index contributed by atoms with van der Waals surface area (Å²) in [4.78, 5) is 0. The molecule has 3 nitrogen and oxygen atoms in total. The summed E-state index contributed by atoms with van der Waals surface area (Å²) in [5.41, 5.74) is 0.414. The molecule has 140 valence electrons. The van der Waals surface area contributed by atoms with E-state index in [1.165, 1.54) is 22.9 Å². The molecule has 0 bridgehead atoms. The summed E-state index contributed by atoms with van der Waals surface area (Å²) in [7, 11) is 0. The summed E-state index contributed by atoms with van der Waals surface area (Å²) in [6, 6.07) is 11.5. The number of nitrogens with zero attached hydrogens (tertiary/aromatic N) is 2. The van der Waals surface area contributed by atoms with Crippen molar-refractivity contribution in [1.82, 2.24) is 9.78 Å². The zero-order valence-corrected chi connectivity index (χ0v) is 14.4. The molecule has 27 heavy (non-hydrogen) atoms. The number of alkyl halides is 3. The maximum Gasteiger partial charge on any atom is 0.417 e. The lowest BCUT2D eigenvalue weighted by Gasteiger charge is -2.12. The van der Waals surface area contributed by atoms with Crippen LogP contribution in [-0.2, 0) is 12.6 Å². The monoisotopic (exact) mass is 375 g/mol. The number of benzene rings is 2. The molecule has 0 saturated carbocycles. The summed E-state index contributed by atoms with van der Waals surface area (Å²) in [5.74, 6) is 0.0779. The van der Waals surface area contributed by atoms with Crippen LogP contribution in [0.4, 0.5) is 23.4 Å². The summed E-state index contributed by atoms with van der Waals surface area (Å²) in [6.07, 6.45) is -2.21. The highest BCUT2D eigenvalue weighted by Crippen LogP contribution is 2.41. The van der Waals surface area contributed by atoms with Crippen molar-refractivity contribution < 1.29 is 17.6 Å². The van der Waals surface area contributed by atoms with Gasteiger partial charge in [-0.25, -0.2) is 9.07 Å². The van der Waals surface area contributed by atoms with Gasteiger partial charge in [-0.2, -0.15) is 18.3 Å². The Labute approximate surface area is 153 Å². The van der Waals surface area contributed by atoms with E-state index < -0.39 is 17.6 Å². The second-order valence-corrected chi connectivity index (χ2v) is 6.47. The molecule has 1 aliphatic heterocycles. The van der Waals surface area contributed by atoms with Gasteiger partial charge >= 0.3 is 6.18 Å². The fourth-order valence-corrected chi connectivity index (χ4v) is 3.45. The van der Waals surface area contributed by atoms with Crippen molar-refractivity contribution in [2.24, 2.45) is 0 Å². The maximum absolute atomic E-state index is 14.4. The first-order valence-corrected chi connectivity index (χ1v) is 8.74. The Kier molecular flexibility index (Phi) is 4.37. The van der Waals surface area contributed by atoms with Gasteiger partial charge in [0.2, 0.25) is 0 Å². The van der Waals surface area contributed by atoms with Gasteiger partial charge in [0.05, 0.1) is 11.3 Å². The van der Waals surface area contributed by atoms with Crippen molar-refractivity contribution in [3.63, 3.8) is 0 Å². The Hall–Kier alpha value is -2.83. The van der Waals surface area contributed by atoms with Crippen molar-refractivity contribution in [2.45, 2.75) is 25.4 Å². The van der Waals surface area contributed by atoms with E-state index in [4.69, 9.17) is 0 Å². The zero-order chi connectivity index (χ0) is 19.0. The van der Waals surface area contributed by atoms with Gasteiger partial charge in [-0.05, 0) is 37.5 Å². The molecular weight excluding hydrogens is 358 g/mol. The van der Waals surface area contributed by atoms with Gasteiger partial charge < -0.3 is 5.32 Å². The van der Waals surface area contributed by atoms with E-state index in [-0.39, 0.29) is 16.9 Å². The first-order valence-electron chi connectivity index (χ1n) is 8.74. The molecular formula is C20H17F4N3. The van der Waals surface area contributed by atoms with Crippen LogP contribution < -0.4 is 5.32 Å². The predicted octanol–water partition coefficient (Wildman–Crippen LogP) is 5.45. The topological polar surface area (TPSA) is 29.9 Å². The zero-order valence-electron chi connectivity index (χ0n) is 14.4. The molecule has 0 unspecified atom stereocenters. The molecule has 2 heterocycles. The van der Waals surface area contributed by atoms with Crippen LogP contribution >= 0.6 is 0 Å². The van der Waals surface area contributed by atoms with E-state index in [1.54, 1.807) is 24.3 Å². The van der Waals surface area contributed by atoms with Crippen LogP contribution in [0.2, 0.25) is 0 Å². The van der Waals surface area contributed by atoms with E-state index in [0.29, 0.717) is 24.3 Å². The number of anilines is 1. The highest BCUT2D eigenvalue weighted by Gasteiger charge is 2.35. The molecule has 0 fully saturated rings. The minimum atomic E-state index is -4.50. The van der Waals surface area contributed by atoms with E-state index in [1.807, 2.05) is 0 Å². The number of nitrogens with one attached hydrogen (secondary N) is 1. The van der Waals surface area contributed by atoms with Crippen LogP contribution in [-0.4, -0.2) is 16.3 Å². The van der Waals surface area contributed by atoms with Crippen LogP contribution in [0, 0.1) is 5.82 Å². The lowest BCUT2D eigenvalue weighted by atomic mass is 9.99. The van der Waals surface area contributed by atoms with Gasteiger partial charge in [0.25, 0.3) is 0 Å². The normalized spacial score (nSPS) is 14.4. The Morgan fingerprint density at radius 1 is 0.963 bits per heavy atom. The minimum absolute atomic E-state index is 0.0139. The fourth-order valence-electron chi connectivity index (χ4n) is 3.45. The van der Waals surface area contributed by atoms with Crippen LogP contribution in [0.3, 0.4) is 0 Å².